The topological polar surface area (TPSA) is 51.8 Å². The van der Waals surface area contributed by atoms with Gasteiger partial charge in [0.15, 0.2) is 0 Å². The summed E-state index contributed by atoms with van der Waals surface area (Å²) in [7, 11) is 0. The summed E-state index contributed by atoms with van der Waals surface area (Å²) in [6.07, 6.45) is 55.4. The molecule has 0 unspecified atom stereocenters. The molecule has 11 aliphatic rings. The van der Waals surface area contributed by atoms with E-state index < -0.39 is 0 Å². The maximum absolute atomic E-state index is 2.63. The molecule has 0 aromatic heterocycles. The summed E-state index contributed by atoms with van der Waals surface area (Å²) >= 11 is 0. The van der Waals surface area contributed by atoms with E-state index in [-0.39, 0.29) is 12.3 Å². The van der Waals surface area contributed by atoms with Crippen LogP contribution < -0.4 is 39.2 Å². The lowest BCUT2D eigenvalue weighted by atomic mass is 9.93. The van der Waals surface area contributed by atoms with Gasteiger partial charge in [0.1, 0.15) is 49.3 Å². The Morgan fingerprint density at radius 1 is 0.258 bits per heavy atom. The molecule has 650 valence electrons. The van der Waals surface area contributed by atoms with Gasteiger partial charge in [-0.1, -0.05) is 62.8 Å². The largest absolute Gasteiger partial charge is 0.353 e. The average molecular weight is 1630 g/mol. The minimum Gasteiger partial charge on any atom is -0.353 e. The Balaban J connectivity index is 0.000000139. The van der Waals surface area contributed by atoms with Crippen LogP contribution in [-0.2, 0) is 0 Å². The molecular weight excluding hydrogens is 1470 g/mol. The van der Waals surface area contributed by atoms with Crippen LogP contribution in [0.5, 0.6) is 0 Å². The summed E-state index contributed by atoms with van der Waals surface area (Å²) in [4.78, 5) is 39.4. The monoisotopic (exact) mass is 1630 g/mol. The summed E-state index contributed by atoms with van der Waals surface area (Å²) in [6.45, 7) is 65.8. The third-order valence-corrected chi connectivity index (χ3v) is 28.8. The van der Waals surface area contributed by atoms with E-state index in [0.29, 0.717) is 73.2 Å². The lowest BCUT2D eigenvalue weighted by Crippen LogP contribution is -2.42. The zero-order valence-corrected chi connectivity index (χ0v) is 79.5. The van der Waals surface area contributed by atoms with Gasteiger partial charge in [-0.2, -0.15) is 0 Å². The van der Waals surface area contributed by atoms with E-state index in [2.05, 4.69) is 439 Å². The van der Waals surface area contributed by atoms with Gasteiger partial charge < -0.3 is 78.4 Å². The van der Waals surface area contributed by atoms with Gasteiger partial charge >= 0.3 is 0 Å². The van der Waals surface area contributed by atoms with Crippen molar-refractivity contribution in [2.45, 2.75) is 381 Å². The molecule has 16 rings (SSSR count). The molecule has 5 aromatic rings. The van der Waals surface area contributed by atoms with Gasteiger partial charge in [0.05, 0.1) is 11.4 Å². The van der Waals surface area contributed by atoms with Gasteiger partial charge in [-0.3, -0.25) is 0 Å². The zero-order chi connectivity index (χ0) is 86.5. The molecule has 8 heterocycles. The number of rotatable bonds is 18. The first-order chi connectivity index (χ1) is 57.1. The molecule has 0 radical (unpaired) electrons. The number of hydrogen-bond acceptors (Lipinski definition) is 16. The Kier molecular flexibility index (Phi) is 27.2. The predicted octanol–water partition coefficient (Wildman–Crippen LogP) is 24.7. The zero-order valence-electron chi connectivity index (χ0n) is 79.5. The van der Waals surface area contributed by atoms with Gasteiger partial charge in [0.25, 0.3) is 0 Å². The Bertz CT molecular complexity index is 4390. The Morgan fingerprint density at radius 3 is 0.817 bits per heavy atom. The highest BCUT2D eigenvalue weighted by atomic mass is 15.5. The van der Waals surface area contributed by atoms with Gasteiger partial charge in [0.2, 0.25) is 0 Å². The van der Waals surface area contributed by atoms with Crippen LogP contribution in [0.3, 0.4) is 0 Å². The van der Waals surface area contributed by atoms with Crippen LogP contribution in [0.15, 0.2) is 160 Å². The summed E-state index contributed by atoms with van der Waals surface area (Å²) in [6, 6.07) is 27.8. The second-order valence-corrected chi connectivity index (χ2v) is 38.5. The molecule has 3 fully saturated rings. The first kappa shape index (κ1) is 88.6. The average Bonchev–Trinajstić information content (AvgIpc) is 1.42. The molecule has 3 saturated carbocycles. The Morgan fingerprint density at radius 2 is 0.517 bits per heavy atom. The van der Waals surface area contributed by atoms with Gasteiger partial charge in [0, 0.05) is 182 Å². The minimum atomic E-state index is 0.281. The van der Waals surface area contributed by atoms with Crippen molar-refractivity contribution in [3.63, 3.8) is 0 Å². The van der Waals surface area contributed by atoms with E-state index in [0.717, 1.165) is 18.0 Å². The second kappa shape index (κ2) is 36.9. The standard InChI is InChI=1S/C30H44N4.C29H40N4.C23H36N4.C22H34N4/c1-22-29(33-18-16-31(23(33)2)27-12-6-7-13-27)20-26(25-10-4-5-11-25)21-30(22)34-19-17-32(24(34)3)28-14-8-9-15-28;1-19(2)30-13-15-32(24(30)8)27-17-26(29-21(5)11-10-12-22(29)6)18-28(23(27)7)33-16-14-31(20(3)4)25(33)9;1-15(2)24-10-12-26(20(24)8)22-17(5)14-18(6)23(19(22)7)27-13-11-25(16(3)4)21(27)9;1-15(2)23-9-11-25(19(23)7)21-13-17(5)14-22(18(21)6)26-12-10-24(16(3)4)20(26)8/h16-21,23-25,27-28H,4-15H2,1-3H3;10-20,24-25H,1-9H3;10-16,20-21H,1-9H3;9-16,19-20H,1-8H3/t23-,24+;24-,25+;20-,21+;19-,20+. The third kappa shape index (κ3) is 17.4. The van der Waals surface area contributed by atoms with Crippen molar-refractivity contribution in [2.75, 3.05) is 39.2 Å². The summed E-state index contributed by atoms with van der Waals surface area (Å²) in [5.74, 6) is 0.721. The molecule has 0 bridgehead atoms. The number of anilines is 8. The minimum absolute atomic E-state index is 0.281. The fourth-order valence-electron chi connectivity index (χ4n) is 22.1. The highest BCUT2D eigenvalue weighted by Gasteiger charge is 2.40. The summed E-state index contributed by atoms with van der Waals surface area (Å²) < 4.78 is 0. The molecule has 8 aliphatic heterocycles. The fraction of sp³-hybridized carbons (Fsp3) is 0.558. The van der Waals surface area contributed by atoms with E-state index >= 15 is 0 Å². The number of benzene rings is 5. The SMILES string of the molecule is Cc1c(N2C=CN(C3CCCC3)[C@@H]2C)cc(C2CCCC2)cc1N1C=CN(C2CCCC2)[C@H]1C.Cc1cc(C)c(N2C=CN(C(C)C)[C@H]2C)c(C)c1N1C=CN(C(C)C)[C@@H]1C.Cc1cc(N2C=CN(C(C)C)[C@@H]2C)c(C)c(N2C=CN(C(C)C)[C@H]2C)c1.Cc1cccc(C)c1-c1cc(N2C=CN(C(C)C)[C@@H]2C)c(C)c(N2C=CN(C(C)C)[C@H]2C)c1. The van der Waals surface area contributed by atoms with Crippen molar-refractivity contribution < 1.29 is 0 Å². The molecule has 3 aliphatic carbocycles. The molecule has 8 atom stereocenters. The number of aryl methyl sites for hydroxylation is 5. The van der Waals surface area contributed by atoms with Crippen LogP contribution in [-0.4, -0.2) is 137 Å². The summed E-state index contributed by atoms with van der Waals surface area (Å²) in [5.41, 5.74) is 26.9. The highest BCUT2D eigenvalue weighted by molar-refractivity contribution is 5.84. The molecule has 0 spiro atoms. The first-order valence-corrected chi connectivity index (χ1v) is 46.6. The van der Waals surface area contributed by atoms with Crippen molar-refractivity contribution >= 4 is 45.5 Å². The van der Waals surface area contributed by atoms with Crippen molar-refractivity contribution in [1.82, 2.24) is 39.2 Å². The van der Waals surface area contributed by atoms with Gasteiger partial charge in [-0.05, 0) is 348 Å². The Labute approximate surface area is 727 Å². The van der Waals surface area contributed by atoms with E-state index in [9.17, 15) is 0 Å². The summed E-state index contributed by atoms with van der Waals surface area (Å²) in [5, 5.41) is 0. The molecule has 120 heavy (non-hydrogen) atoms. The third-order valence-electron chi connectivity index (χ3n) is 28.8. The normalized spacial score (nSPS) is 23.6. The van der Waals surface area contributed by atoms with Gasteiger partial charge in [-0.15, -0.1) is 0 Å². The smallest absolute Gasteiger partial charge is 0.103 e. The van der Waals surface area contributed by atoms with Crippen LogP contribution in [0.1, 0.15) is 277 Å². The van der Waals surface area contributed by atoms with Crippen molar-refractivity contribution in [3.05, 3.63) is 215 Å². The molecule has 16 nitrogen and oxygen atoms in total. The predicted molar refractivity (Wildman–Crippen MR) is 514 cm³/mol. The van der Waals surface area contributed by atoms with Gasteiger partial charge in [-0.25, -0.2) is 0 Å². The second-order valence-electron chi connectivity index (χ2n) is 38.5. The lowest BCUT2D eigenvalue weighted by Gasteiger charge is -2.37. The molecule has 0 amide bonds. The van der Waals surface area contributed by atoms with Crippen LogP contribution >= 0.6 is 0 Å². The quantitative estimate of drug-likeness (QED) is 0.0836. The molecule has 5 aromatic carbocycles. The van der Waals surface area contributed by atoms with E-state index in [4.69, 9.17) is 0 Å². The van der Waals surface area contributed by atoms with Crippen molar-refractivity contribution in [1.29, 1.82) is 0 Å². The highest BCUT2D eigenvalue weighted by Crippen LogP contribution is 2.48. The maximum atomic E-state index is 2.63. The number of hydrogen-bond donors (Lipinski definition) is 0. The first-order valence-electron chi connectivity index (χ1n) is 46.6. The van der Waals surface area contributed by atoms with Crippen molar-refractivity contribution in [2.24, 2.45) is 0 Å². The molecule has 0 saturated heterocycles. The van der Waals surface area contributed by atoms with E-state index in [1.54, 1.807) is 5.56 Å². The van der Waals surface area contributed by atoms with Crippen LogP contribution in [0.4, 0.5) is 45.5 Å². The van der Waals surface area contributed by atoms with Crippen LogP contribution in [0, 0.1) is 62.3 Å². The molecule has 0 N–H and O–H groups in total. The number of nitrogens with zero attached hydrogens (tertiary/aromatic N) is 16. The van der Waals surface area contributed by atoms with Crippen LogP contribution in [0.2, 0.25) is 0 Å². The van der Waals surface area contributed by atoms with Crippen LogP contribution in [0.25, 0.3) is 11.1 Å². The molecular formula is C104H154N16. The van der Waals surface area contributed by atoms with E-state index in [1.807, 2.05) is 0 Å². The lowest BCUT2D eigenvalue weighted by molar-refractivity contribution is 0.236. The fourth-order valence-corrected chi connectivity index (χ4v) is 22.1. The Hall–Kier alpha value is -9.18. The molecule has 16 heteroatoms. The van der Waals surface area contributed by atoms with E-state index in [1.165, 1.54) is 184 Å². The van der Waals surface area contributed by atoms with Crippen molar-refractivity contribution in [3.8, 4) is 11.1 Å². The maximum Gasteiger partial charge on any atom is 0.103 e.